The van der Waals surface area contributed by atoms with Crippen LogP contribution in [-0.4, -0.2) is 39.8 Å². The molecule has 1 unspecified atom stereocenters. The maximum atomic E-state index is 11.7. The monoisotopic (exact) mass is 276 g/mol. The van der Waals surface area contributed by atoms with Crippen LogP contribution in [0.4, 0.5) is 5.82 Å². The van der Waals surface area contributed by atoms with Crippen LogP contribution in [-0.2, 0) is 11.8 Å². The lowest BCUT2D eigenvalue weighted by molar-refractivity contribution is -0.116. The molecule has 2 rings (SSSR count). The fourth-order valence-electron chi connectivity index (χ4n) is 1.65. The van der Waals surface area contributed by atoms with Gasteiger partial charge in [0, 0.05) is 49.8 Å². The summed E-state index contributed by atoms with van der Waals surface area (Å²) in [6.07, 6.45) is 2.33. The molecule has 96 valence electrons. The normalized spacial score (nSPS) is 19.5. The molecule has 2 N–H and O–H groups in total. The first kappa shape index (κ1) is 14.3. The van der Waals surface area contributed by atoms with Crippen LogP contribution in [0.15, 0.2) is 12.3 Å². The predicted molar refractivity (Wildman–Crippen MR) is 72.8 cm³/mol. The summed E-state index contributed by atoms with van der Waals surface area (Å²) in [7, 11) is 1.83. The Balaban J connectivity index is 0.00000144. The van der Waals surface area contributed by atoms with Gasteiger partial charge in [-0.05, 0) is 0 Å². The molecule has 0 aliphatic carbocycles. The highest BCUT2D eigenvalue weighted by molar-refractivity contribution is 7.99. The van der Waals surface area contributed by atoms with Gasteiger partial charge >= 0.3 is 0 Å². The molecule has 1 atom stereocenters. The first-order valence-electron chi connectivity index (χ1n) is 5.34. The fourth-order valence-corrected chi connectivity index (χ4v) is 2.60. The molecule has 0 aromatic carbocycles. The van der Waals surface area contributed by atoms with Crippen LogP contribution in [0.5, 0.6) is 0 Å². The topological polar surface area (TPSA) is 59.0 Å². The molecule has 7 heteroatoms. The number of nitrogens with zero attached hydrogens (tertiary/aromatic N) is 2. The zero-order chi connectivity index (χ0) is 11.4. The Morgan fingerprint density at radius 1 is 1.76 bits per heavy atom. The molecule has 1 aromatic heterocycles. The van der Waals surface area contributed by atoms with E-state index in [4.69, 9.17) is 0 Å². The number of aryl methyl sites for hydroxylation is 1. The third kappa shape index (κ3) is 4.57. The predicted octanol–water partition coefficient (Wildman–Crippen LogP) is 0.875. The van der Waals surface area contributed by atoms with Gasteiger partial charge in [0.25, 0.3) is 0 Å². The number of rotatable bonds is 3. The van der Waals surface area contributed by atoms with E-state index in [1.807, 2.05) is 25.0 Å². The molecule has 0 radical (unpaired) electrons. The number of amides is 1. The van der Waals surface area contributed by atoms with Crippen LogP contribution in [0.25, 0.3) is 0 Å². The third-order valence-corrected chi connectivity index (χ3v) is 3.54. The van der Waals surface area contributed by atoms with Gasteiger partial charge in [-0.3, -0.25) is 9.48 Å². The maximum absolute atomic E-state index is 11.7. The lowest BCUT2D eigenvalue weighted by Crippen LogP contribution is -2.39. The number of halogens is 1. The summed E-state index contributed by atoms with van der Waals surface area (Å²) >= 11 is 1.89. The first-order chi connectivity index (χ1) is 7.74. The Labute approximate surface area is 111 Å². The molecule has 1 aliphatic heterocycles. The standard InChI is InChI=1S/C10H16N4OS.ClH/c1-14-4-2-9(13-14)12-10(15)6-8-7-16-5-3-11-8;/h2,4,8,11H,3,5-7H2,1H3,(H,12,13,15);1H. The SMILES string of the molecule is Cl.Cn1ccc(NC(=O)CC2CSCCN2)n1. The number of carbonyl (C=O) groups excluding carboxylic acids is 1. The number of hydrogen-bond donors (Lipinski definition) is 2. The van der Waals surface area contributed by atoms with E-state index in [-0.39, 0.29) is 18.3 Å². The van der Waals surface area contributed by atoms with Gasteiger partial charge in [0.2, 0.25) is 5.91 Å². The molecule has 1 aromatic rings. The number of hydrogen-bond acceptors (Lipinski definition) is 4. The fraction of sp³-hybridized carbons (Fsp3) is 0.600. The molecule has 17 heavy (non-hydrogen) atoms. The second-order valence-electron chi connectivity index (χ2n) is 3.85. The quantitative estimate of drug-likeness (QED) is 0.860. The Morgan fingerprint density at radius 3 is 3.18 bits per heavy atom. The van der Waals surface area contributed by atoms with Gasteiger partial charge in [-0.1, -0.05) is 0 Å². The molecule has 1 amide bonds. The minimum absolute atomic E-state index is 0. The van der Waals surface area contributed by atoms with E-state index in [9.17, 15) is 4.79 Å². The highest BCUT2D eigenvalue weighted by Gasteiger charge is 2.16. The van der Waals surface area contributed by atoms with Crippen molar-refractivity contribution in [3.63, 3.8) is 0 Å². The maximum Gasteiger partial charge on any atom is 0.227 e. The summed E-state index contributed by atoms with van der Waals surface area (Å²) in [5.74, 6) is 2.79. The van der Waals surface area contributed by atoms with E-state index < -0.39 is 0 Å². The largest absolute Gasteiger partial charge is 0.312 e. The summed E-state index contributed by atoms with van der Waals surface area (Å²) in [4.78, 5) is 11.7. The molecule has 0 spiro atoms. The lowest BCUT2D eigenvalue weighted by atomic mass is 10.2. The number of nitrogens with one attached hydrogen (secondary N) is 2. The van der Waals surface area contributed by atoms with E-state index in [1.54, 1.807) is 10.7 Å². The van der Waals surface area contributed by atoms with E-state index in [0.717, 1.165) is 18.1 Å². The first-order valence-corrected chi connectivity index (χ1v) is 6.50. The zero-order valence-electron chi connectivity index (χ0n) is 9.68. The Morgan fingerprint density at radius 2 is 2.59 bits per heavy atom. The van der Waals surface area contributed by atoms with Crippen LogP contribution in [0.3, 0.4) is 0 Å². The van der Waals surface area contributed by atoms with Gasteiger partial charge in [-0.15, -0.1) is 12.4 Å². The molecule has 2 heterocycles. The van der Waals surface area contributed by atoms with E-state index >= 15 is 0 Å². The molecule has 0 bridgehead atoms. The number of thioether (sulfide) groups is 1. The minimum atomic E-state index is 0. The third-order valence-electron chi connectivity index (χ3n) is 2.41. The van der Waals surface area contributed by atoms with Crippen LogP contribution in [0.2, 0.25) is 0 Å². The Bertz CT molecular complexity index is 365. The van der Waals surface area contributed by atoms with E-state index in [2.05, 4.69) is 15.7 Å². The summed E-state index contributed by atoms with van der Waals surface area (Å²) in [6, 6.07) is 2.09. The highest BCUT2D eigenvalue weighted by Crippen LogP contribution is 2.11. The van der Waals surface area contributed by atoms with Crippen LogP contribution in [0.1, 0.15) is 6.42 Å². The Hall–Kier alpha value is -0.720. The van der Waals surface area contributed by atoms with Crippen molar-refractivity contribution >= 4 is 35.9 Å². The van der Waals surface area contributed by atoms with Crippen molar-refractivity contribution in [2.75, 3.05) is 23.4 Å². The number of anilines is 1. The highest BCUT2D eigenvalue weighted by atomic mass is 35.5. The molecule has 0 saturated carbocycles. The smallest absolute Gasteiger partial charge is 0.227 e. The van der Waals surface area contributed by atoms with E-state index in [0.29, 0.717) is 18.3 Å². The van der Waals surface area contributed by atoms with E-state index in [1.165, 1.54) is 0 Å². The van der Waals surface area contributed by atoms with Crippen molar-refractivity contribution < 1.29 is 4.79 Å². The molecular weight excluding hydrogens is 260 g/mol. The van der Waals surface area contributed by atoms with Crippen molar-refractivity contribution in [2.24, 2.45) is 7.05 Å². The summed E-state index contributed by atoms with van der Waals surface area (Å²) in [6.45, 7) is 0.992. The van der Waals surface area contributed by atoms with Crippen LogP contribution >= 0.6 is 24.2 Å². The molecule has 5 nitrogen and oxygen atoms in total. The van der Waals surface area contributed by atoms with Gasteiger partial charge in [0.05, 0.1) is 0 Å². The summed E-state index contributed by atoms with van der Waals surface area (Å²) in [5, 5.41) is 10.2. The second kappa shape index (κ2) is 6.88. The number of carbonyl (C=O) groups is 1. The average molecular weight is 277 g/mol. The summed E-state index contributed by atoms with van der Waals surface area (Å²) < 4.78 is 1.67. The average Bonchev–Trinajstić information content (AvgIpc) is 2.65. The van der Waals surface area contributed by atoms with Crippen molar-refractivity contribution in [1.29, 1.82) is 0 Å². The van der Waals surface area contributed by atoms with Crippen molar-refractivity contribution in [3.05, 3.63) is 12.3 Å². The van der Waals surface area contributed by atoms with Crippen LogP contribution in [0, 0.1) is 0 Å². The Kier molecular flexibility index (Phi) is 5.80. The summed E-state index contributed by atoms with van der Waals surface area (Å²) in [5.41, 5.74) is 0. The van der Waals surface area contributed by atoms with Gasteiger partial charge in [-0.25, -0.2) is 0 Å². The van der Waals surface area contributed by atoms with Gasteiger partial charge in [-0.2, -0.15) is 16.9 Å². The van der Waals surface area contributed by atoms with Gasteiger partial charge in [0.15, 0.2) is 5.82 Å². The lowest BCUT2D eigenvalue weighted by Gasteiger charge is -2.22. The number of aromatic nitrogens is 2. The van der Waals surface area contributed by atoms with Gasteiger partial charge < -0.3 is 10.6 Å². The molecule has 1 aliphatic rings. The van der Waals surface area contributed by atoms with Crippen molar-refractivity contribution in [1.82, 2.24) is 15.1 Å². The zero-order valence-corrected chi connectivity index (χ0v) is 11.3. The minimum Gasteiger partial charge on any atom is -0.312 e. The second-order valence-corrected chi connectivity index (χ2v) is 5.00. The van der Waals surface area contributed by atoms with Gasteiger partial charge in [0.1, 0.15) is 0 Å². The van der Waals surface area contributed by atoms with Crippen LogP contribution < -0.4 is 10.6 Å². The van der Waals surface area contributed by atoms with Crippen molar-refractivity contribution in [3.8, 4) is 0 Å². The van der Waals surface area contributed by atoms with Crippen molar-refractivity contribution in [2.45, 2.75) is 12.5 Å². The molecule has 1 fully saturated rings. The molecule has 1 saturated heterocycles. The molecular formula is C10H17ClN4OS.